The number of carbonyl (C=O) groups is 2. The van der Waals surface area contributed by atoms with Crippen LogP contribution in [0.25, 0.3) is 10.8 Å². The van der Waals surface area contributed by atoms with Crippen LogP contribution in [0.2, 0.25) is 0 Å². The Hall–Kier alpha value is -2.70. The molecule has 0 spiro atoms. The maximum absolute atomic E-state index is 12.5. The summed E-state index contributed by atoms with van der Waals surface area (Å²) in [5.41, 5.74) is -0.304. The Balaban J connectivity index is 2.35. The zero-order chi connectivity index (χ0) is 17.0. The van der Waals surface area contributed by atoms with E-state index >= 15 is 0 Å². The zero-order valence-corrected chi connectivity index (χ0v) is 13.3. The van der Waals surface area contributed by atoms with Crippen LogP contribution in [0.3, 0.4) is 0 Å². The van der Waals surface area contributed by atoms with Crippen molar-refractivity contribution in [2.75, 3.05) is 7.11 Å². The average Bonchev–Trinajstić information content (AvgIpc) is 2.53. The van der Waals surface area contributed by atoms with Crippen molar-refractivity contribution >= 4 is 22.6 Å². The monoisotopic (exact) mass is 317 g/mol. The van der Waals surface area contributed by atoms with Gasteiger partial charge in [-0.15, -0.1) is 0 Å². The minimum Gasteiger partial charge on any atom is -0.467 e. The first-order chi connectivity index (χ1) is 10.9. The summed E-state index contributed by atoms with van der Waals surface area (Å²) in [5, 5.41) is 9.55. The van der Waals surface area contributed by atoms with Gasteiger partial charge in [0.1, 0.15) is 6.04 Å². The summed E-state index contributed by atoms with van der Waals surface area (Å²) in [6.45, 7) is 3.88. The molecule has 1 aromatic carbocycles. The predicted molar refractivity (Wildman–Crippen MR) is 85.1 cm³/mol. The smallest absolute Gasteiger partial charge is 0.328 e. The van der Waals surface area contributed by atoms with Crippen LogP contribution in [0, 0.1) is 5.92 Å². The average molecular weight is 317 g/mol. The maximum atomic E-state index is 12.5. The van der Waals surface area contributed by atoms with Gasteiger partial charge in [0.15, 0.2) is 5.69 Å². The standard InChI is InChI=1S/C16H19N3O4/c1-9(2)8-12(16(22)23-3)17-15(21)13-10-6-4-5-7-11(10)14(20)19-18-13/h4-7,9,12H,8H2,1-3H3,(H,17,21)(H,19,20). The van der Waals surface area contributed by atoms with Crippen molar-refractivity contribution in [2.45, 2.75) is 26.3 Å². The fourth-order valence-corrected chi connectivity index (χ4v) is 2.34. The van der Waals surface area contributed by atoms with Crippen molar-refractivity contribution in [1.82, 2.24) is 15.5 Å². The highest BCUT2D eigenvalue weighted by Crippen LogP contribution is 2.13. The number of hydrogen-bond acceptors (Lipinski definition) is 5. The van der Waals surface area contributed by atoms with Crippen molar-refractivity contribution in [3.8, 4) is 0 Å². The first-order valence-electron chi connectivity index (χ1n) is 7.30. The van der Waals surface area contributed by atoms with E-state index < -0.39 is 17.9 Å². The summed E-state index contributed by atoms with van der Waals surface area (Å²) >= 11 is 0. The molecule has 2 rings (SSSR count). The molecule has 0 saturated heterocycles. The van der Waals surface area contributed by atoms with Crippen molar-refractivity contribution in [3.05, 3.63) is 40.3 Å². The van der Waals surface area contributed by atoms with E-state index in [1.165, 1.54) is 7.11 Å². The van der Waals surface area contributed by atoms with Gasteiger partial charge >= 0.3 is 5.97 Å². The van der Waals surface area contributed by atoms with Crippen molar-refractivity contribution < 1.29 is 14.3 Å². The van der Waals surface area contributed by atoms with Gasteiger partial charge in [0.05, 0.1) is 12.5 Å². The molecule has 0 fully saturated rings. The second kappa shape index (κ2) is 7.04. The summed E-state index contributed by atoms with van der Waals surface area (Å²) in [6.07, 6.45) is 0.444. The van der Waals surface area contributed by atoms with Gasteiger partial charge in [0.2, 0.25) is 0 Å². The SMILES string of the molecule is COC(=O)C(CC(C)C)NC(=O)c1n[nH]c(=O)c2ccccc12. The van der Waals surface area contributed by atoms with E-state index in [9.17, 15) is 14.4 Å². The first-order valence-corrected chi connectivity index (χ1v) is 7.30. The van der Waals surface area contributed by atoms with Gasteiger partial charge in [-0.05, 0) is 18.4 Å². The third kappa shape index (κ3) is 3.74. The van der Waals surface area contributed by atoms with E-state index in [2.05, 4.69) is 15.5 Å². The molecular weight excluding hydrogens is 298 g/mol. The van der Waals surface area contributed by atoms with E-state index in [0.29, 0.717) is 17.2 Å². The molecule has 0 aliphatic heterocycles. The van der Waals surface area contributed by atoms with Crippen molar-refractivity contribution in [1.29, 1.82) is 0 Å². The van der Waals surface area contributed by atoms with E-state index in [-0.39, 0.29) is 17.2 Å². The highest BCUT2D eigenvalue weighted by Gasteiger charge is 2.24. The van der Waals surface area contributed by atoms with Crippen LogP contribution in [0.4, 0.5) is 0 Å². The molecule has 2 aromatic rings. The maximum Gasteiger partial charge on any atom is 0.328 e. The molecule has 122 valence electrons. The largest absolute Gasteiger partial charge is 0.467 e. The van der Waals surface area contributed by atoms with Crippen LogP contribution in [-0.4, -0.2) is 35.2 Å². The lowest BCUT2D eigenvalue weighted by atomic mass is 10.0. The second-order valence-corrected chi connectivity index (χ2v) is 5.63. The lowest BCUT2D eigenvalue weighted by Crippen LogP contribution is -2.43. The number of ether oxygens (including phenoxy) is 1. The normalized spacial score (nSPS) is 12.2. The van der Waals surface area contributed by atoms with Gasteiger partial charge in [0, 0.05) is 5.39 Å². The van der Waals surface area contributed by atoms with Gasteiger partial charge in [-0.2, -0.15) is 5.10 Å². The van der Waals surface area contributed by atoms with E-state index in [4.69, 9.17) is 4.74 Å². The van der Waals surface area contributed by atoms with Crippen LogP contribution in [0.15, 0.2) is 29.1 Å². The van der Waals surface area contributed by atoms with Gasteiger partial charge in [0.25, 0.3) is 11.5 Å². The molecule has 1 atom stereocenters. The number of carbonyl (C=O) groups excluding carboxylic acids is 2. The van der Waals surface area contributed by atoms with E-state index in [0.717, 1.165) is 0 Å². The van der Waals surface area contributed by atoms with Gasteiger partial charge < -0.3 is 10.1 Å². The number of amides is 1. The Kier molecular flexibility index (Phi) is 5.10. The summed E-state index contributed by atoms with van der Waals surface area (Å²) < 4.78 is 4.72. The minimum absolute atomic E-state index is 0.0675. The number of nitrogens with zero attached hydrogens (tertiary/aromatic N) is 1. The quantitative estimate of drug-likeness (QED) is 0.808. The third-order valence-corrected chi connectivity index (χ3v) is 3.41. The third-order valence-electron chi connectivity index (χ3n) is 3.41. The topological polar surface area (TPSA) is 101 Å². The number of rotatable bonds is 5. The van der Waals surface area contributed by atoms with Crippen LogP contribution in [0.5, 0.6) is 0 Å². The number of H-pyrrole nitrogens is 1. The van der Waals surface area contributed by atoms with Crippen LogP contribution in [-0.2, 0) is 9.53 Å². The van der Waals surface area contributed by atoms with Crippen molar-refractivity contribution in [2.24, 2.45) is 5.92 Å². The summed E-state index contributed by atoms with van der Waals surface area (Å²) in [6, 6.07) is 5.90. The molecule has 1 amide bonds. The molecule has 0 radical (unpaired) electrons. The number of hydrogen-bond donors (Lipinski definition) is 2. The number of esters is 1. The fraction of sp³-hybridized carbons (Fsp3) is 0.375. The number of aromatic nitrogens is 2. The Labute approximate surface area is 133 Å². The Morgan fingerprint density at radius 2 is 1.91 bits per heavy atom. The first kappa shape index (κ1) is 16.7. The van der Waals surface area contributed by atoms with E-state index in [1.54, 1.807) is 24.3 Å². The summed E-state index contributed by atoms with van der Waals surface area (Å²) in [7, 11) is 1.27. The van der Waals surface area contributed by atoms with Gasteiger partial charge in [-0.1, -0.05) is 32.0 Å². The molecule has 1 unspecified atom stereocenters. The Morgan fingerprint density at radius 1 is 1.26 bits per heavy atom. The van der Waals surface area contributed by atoms with Crippen molar-refractivity contribution in [3.63, 3.8) is 0 Å². The summed E-state index contributed by atoms with van der Waals surface area (Å²) in [4.78, 5) is 36.0. The molecule has 0 aliphatic carbocycles. The number of nitrogens with one attached hydrogen (secondary N) is 2. The van der Waals surface area contributed by atoms with Crippen LogP contribution >= 0.6 is 0 Å². The zero-order valence-electron chi connectivity index (χ0n) is 13.3. The number of methoxy groups -OCH3 is 1. The molecule has 0 bridgehead atoms. The van der Waals surface area contributed by atoms with Gasteiger partial charge in [-0.3, -0.25) is 9.59 Å². The minimum atomic E-state index is -0.764. The molecule has 2 N–H and O–H groups in total. The molecule has 0 saturated carbocycles. The highest BCUT2D eigenvalue weighted by molar-refractivity contribution is 6.05. The van der Waals surface area contributed by atoms with E-state index in [1.807, 2.05) is 13.8 Å². The molecule has 0 aliphatic rings. The molecule has 1 aromatic heterocycles. The molecular formula is C16H19N3O4. The summed E-state index contributed by atoms with van der Waals surface area (Å²) in [5.74, 6) is -0.853. The predicted octanol–water partition coefficient (Wildman–Crippen LogP) is 1.24. The number of benzene rings is 1. The Bertz CT molecular complexity index is 782. The lowest BCUT2D eigenvalue weighted by molar-refractivity contribution is -0.143. The molecule has 23 heavy (non-hydrogen) atoms. The number of fused-ring (bicyclic) bond motifs is 1. The molecule has 1 heterocycles. The van der Waals surface area contributed by atoms with Gasteiger partial charge in [-0.25, -0.2) is 9.89 Å². The van der Waals surface area contributed by atoms with Crippen LogP contribution < -0.4 is 10.9 Å². The fourth-order valence-electron chi connectivity index (χ4n) is 2.34. The van der Waals surface area contributed by atoms with Crippen LogP contribution in [0.1, 0.15) is 30.8 Å². The number of aromatic amines is 1. The Morgan fingerprint density at radius 3 is 2.52 bits per heavy atom. The highest BCUT2D eigenvalue weighted by atomic mass is 16.5. The molecule has 7 heteroatoms. The lowest BCUT2D eigenvalue weighted by Gasteiger charge is -2.18. The second-order valence-electron chi connectivity index (χ2n) is 5.63. The molecule has 7 nitrogen and oxygen atoms in total.